The number of rotatable bonds is 3. The van der Waals surface area contributed by atoms with Gasteiger partial charge in [-0.2, -0.15) is 12.6 Å². The quantitative estimate of drug-likeness (QED) is 0.345. The van der Waals surface area contributed by atoms with E-state index in [4.69, 9.17) is 5.11 Å². The topological polar surface area (TPSA) is 66.4 Å². The maximum absolute atomic E-state index is 10.5. The summed E-state index contributed by atoms with van der Waals surface area (Å²) >= 11 is 3.66. The van der Waals surface area contributed by atoms with E-state index in [0.29, 0.717) is 0 Å². The third kappa shape index (κ3) is 3.39. The summed E-state index contributed by atoms with van der Waals surface area (Å²) in [6.45, 7) is 0. The molecule has 0 rings (SSSR count). The van der Waals surface area contributed by atoms with Crippen LogP contribution in [-0.4, -0.2) is 30.2 Å². The Morgan fingerprint density at radius 3 is 2.50 bits per heavy atom. The van der Waals surface area contributed by atoms with Gasteiger partial charge in [0.15, 0.2) is 0 Å². The SMILES string of the molecule is BNC(=O)CC(S)C(=O)O. The van der Waals surface area contributed by atoms with Gasteiger partial charge in [-0.05, 0) is 0 Å². The molecule has 0 saturated carbocycles. The van der Waals surface area contributed by atoms with Crippen LogP contribution in [0.5, 0.6) is 0 Å². The van der Waals surface area contributed by atoms with Crippen LogP contribution in [0.25, 0.3) is 0 Å². The first-order chi connectivity index (χ1) is 4.57. The monoisotopic (exact) mass is 161 g/mol. The van der Waals surface area contributed by atoms with Crippen molar-refractivity contribution in [3.8, 4) is 0 Å². The Morgan fingerprint density at radius 1 is 1.70 bits per heavy atom. The molecule has 10 heavy (non-hydrogen) atoms. The van der Waals surface area contributed by atoms with E-state index in [1.165, 1.54) is 7.98 Å². The van der Waals surface area contributed by atoms with E-state index >= 15 is 0 Å². The Balaban J connectivity index is 3.68. The van der Waals surface area contributed by atoms with Gasteiger partial charge in [0.1, 0.15) is 5.25 Å². The van der Waals surface area contributed by atoms with Crippen molar-refractivity contribution in [3.63, 3.8) is 0 Å². The molecular formula is C4H8BNO3S. The standard InChI is InChI=1S/C4H8BNO3S/c5-6-3(7)1-2(10)4(8)9/h2,10H,1,5H2,(H,6,7)(H,8,9). The molecule has 0 aliphatic heterocycles. The Kier molecular flexibility index (Phi) is 3.94. The van der Waals surface area contributed by atoms with Gasteiger partial charge in [-0.1, -0.05) is 0 Å². The number of carbonyl (C=O) groups is 2. The largest absolute Gasteiger partial charge is 0.480 e. The molecule has 2 N–H and O–H groups in total. The van der Waals surface area contributed by atoms with Gasteiger partial charge in [-0.3, -0.25) is 9.59 Å². The molecule has 0 heterocycles. The summed E-state index contributed by atoms with van der Waals surface area (Å²) in [7, 11) is 1.45. The molecule has 0 fully saturated rings. The normalized spacial score (nSPS) is 12.1. The van der Waals surface area contributed by atoms with E-state index in [0.717, 1.165) is 0 Å². The fraction of sp³-hybridized carbons (Fsp3) is 0.500. The van der Waals surface area contributed by atoms with E-state index in [2.05, 4.69) is 17.9 Å². The lowest BCUT2D eigenvalue weighted by molar-refractivity contribution is -0.137. The summed E-state index contributed by atoms with van der Waals surface area (Å²) in [5.74, 6) is -1.39. The van der Waals surface area contributed by atoms with Gasteiger partial charge in [0.25, 0.3) is 0 Å². The van der Waals surface area contributed by atoms with E-state index in [1.54, 1.807) is 0 Å². The van der Waals surface area contributed by atoms with Crippen molar-refractivity contribution in [3.05, 3.63) is 0 Å². The fourth-order valence-corrected chi connectivity index (χ4v) is 0.531. The molecule has 4 nitrogen and oxygen atoms in total. The Labute approximate surface area is 64.8 Å². The fourth-order valence-electron chi connectivity index (χ4n) is 0.365. The zero-order chi connectivity index (χ0) is 8.15. The van der Waals surface area contributed by atoms with Gasteiger partial charge < -0.3 is 10.3 Å². The van der Waals surface area contributed by atoms with E-state index in [1.807, 2.05) is 0 Å². The van der Waals surface area contributed by atoms with Gasteiger partial charge in [0.2, 0.25) is 13.9 Å². The highest BCUT2D eigenvalue weighted by Crippen LogP contribution is 1.99. The summed E-state index contributed by atoms with van der Waals surface area (Å²) < 4.78 is 0. The molecule has 0 aliphatic carbocycles. The third-order valence-corrected chi connectivity index (χ3v) is 1.35. The van der Waals surface area contributed by atoms with Crippen LogP contribution >= 0.6 is 12.6 Å². The summed E-state index contributed by atoms with van der Waals surface area (Å²) in [4.78, 5) is 20.6. The van der Waals surface area contributed by atoms with Crippen molar-refractivity contribution in [2.45, 2.75) is 11.7 Å². The summed E-state index contributed by atoms with van der Waals surface area (Å²) in [6.07, 6.45) is -0.0883. The van der Waals surface area contributed by atoms with Crippen molar-refractivity contribution < 1.29 is 14.7 Å². The van der Waals surface area contributed by atoms with Crippen LogP contribution in [0.4, 0.5) is 0 Å². The molecule has 0 radical (unpaired) electrons. The smallest absolute Gasteiger partial charge is 0.316 e. The number of carbonyl (C=O) groups excluding carboxylic acids is 1. The lowest BCUT2D eigenvalue weighted by atomic mass is 10.2. The van der Waals surface area contributed by atoms with Crippen LogP contribution in [0.1, 0.15) is 6.42 Å². The Bertz CT molecular complexity index is 151. The molecule has 0 aromatic rings. The van der Waals surface area contributed by atoms with Crippen molar-refractivity contribution >= 4 is 32.5 Å². The first-order valence-electron chi connectivity index (χ1n) is 2.69. The second-order valence-electron chi connectivity index (χ2n) is 1.73. The zero-order valence-corrected chi connectivity index (χ0v) is 6.39. The van der Waals surface area contributed by atoms with E-state index in [9.17, 15) is 9.59 Å². The van der Waals surface area contributed by atoms with Gasteiger partial charge in [0.05, 0.1) is 0 Å². The van der Waals surface area contributed by atoms with Crippen LogP contribution < -0.4 is 5.23 Å². The molecule has 0 bridgehead atoms. The highest BCUT2D eigenvalue weighted by Gasteiger charge is 2.14. The molecule has 0 aromatic heterocycles. The summed E-state index contributed by atoms with van der Waals surface area (Å²) in [6, 6.07) is 0. The molecule has 0 spiro atoms. The highest BCUT2D eigenvalue weighted by atomic mass is 32.1. The number of carboxylic acid groups (broad SMARTS) is 1. The minimum Gasteiger partial charge on any atom is -0.480 e. The molecule has 56 valence electrons. The van der Waals surface area contributed by atoms with Crippen molar-refractivity contribution in [1.82, 2.24) is 5.23 Å². The van der Waals surface area contributed by atoms with Crippen LogP contribution in [0.15, 0.2) is 0 Å². The van der Waals surface area contributed by atoms with E-state index in [-0.39, 0.29) is 12.3 Å². The van der Waals surface area contributed by atoms with Crippen LogP contribution in [0.3, 0.4) is 0 Å². The zero-order valence-electron chi connectivity index (χ0n) is 5.50. The van der Waals surface area contributed by atoms with Gasteiger partial charge in [-0.15, -0.1) is 0 Å². The Morgan fingerprint density at radius 2 is 2.20 bits per heavy atom. The third-order valence-electron chi connectivity index (χ3n) is 0.943. The van der Waals surface area contributed by atoms with Gasteiger partial charge >= 0.3 is 5.97 Å². The Hall–Kier alpha value is -0.645. The summed E-state index contributed by atoms with van der Waals surface area (Å²) in [5.41, 5.74) is 0. The van der Waals surface area contributed by atoms with Crippen LogP contribution in [0.2, 0.25) is 0 Å². The number of aliphatic carboxylic acids is 1. The minimum absolute atomic E-state index is 0.0883. The van der Waals surface area contributed by atoms with Gasteiger partial charge in [-0.25, -0.2) is 0 Å². The van der Waals surface area contributed by atoms with Gasteiger partial charge in [0, 0.05) is 6.42 Å². The molecule has 1 atom stereocenters. The number of hydrogen-bond acceptors (Lipinski definition) is 3. The average Bonchev–Trinajstić information content (AvgIpc) is 1.87. The number of thiol groups is 1. The number of nitrogens with one attached hydrogen (secondary N) is 1. The lowest BCUT2D eigenvalue weighted by Gasteiger charge is -2.02. The molecule has 0 saturated heterocycles. The molecule has 0 aliphatic rings. The first kappa shape index (κ1) is 9.35. The van der Waals surface area contributed by atoms with E-state index < -0.39 is 11.2 Å². The lowest BCUT2D eigenvalue weighted by Crippen LogP contribution is -2.26. The number of carboxylic acids is 1. The predicted octanol–water partition coefficient (Wildman–Crippen LogP) is -1.58. The first-order valence-corrected chi connectivity index (χ1v) is 3.21. The molecule has 1 amide bonds. The predicted molar refractivity (Wildman–Crippen MR) is 41.7 cm³/mol. The second-order valence-corrected chi connectivity index (χ2v) is 2.35. The van der Waals surface area contributed by atoms with Crippen molar-refractivity contribution in [2.24, 2.45) is 0 Å². The second kappa shape index (κ2) is 4.22. The van der Waals surface area contributed by atoms with Crippen LogP contribution in [0, 0.1) is 0 Å². The number of hydrogen-bond donors (Lipinski definition) is 3. The maximum atomic E-state index is 10.5. The van der Waals surface area contributed by atoms with Crippen LogP contribution in [-0.2, 0) is 9.59 Å². The molecule has 6 heteroatoms. The average molecular weight is 161 g/mol. The highest BCUT2D eigenvalue weighted by molar-refractivity contribution is 7.81. The number of amides is 1. The van der Waals surface area contributed by atoms with Crippen molar-refractivity contribution in [2.75, 3.05) is 0 Å². The minimum atomic E-state index is -1.08. The maximum Gasteiger partial charge on any atom is 0.316 e. The van der Waals surface area contributed by atoms with Crippen molar-refractivity contribution in [1.29, 1.82) is 0 Å². The molecule has 0 aromatic carbocycles. The molecule has 1 unspecified atom stereocenters. The summed E-state index contributed by atoms with van der Waals surface area (Å²) in [5, 5.41) is 9.67. The molecular weight excluding hydrogens is 153 g/mol.